The van der Waals surface area contributed by atoms with Gasteiger partial charge in [-0.3, -0.25) is 9.80 Å². The van der Waals surface area contributed by atoms with E-state index in [0.717, 1.165) is 21.7 Å². The van der Waals surface area contributed by atoms with Crippen molar-refractivity contribution in [3.63, 3.8) is 0 Å². The fourth-order valence-corrected chi connectivity index (χ4v) is 2.00. The lowest BCUT2D eigenvalue weighted by atomic mass is 9.99. The summed E-state index contributed by atoms with van der Waals surface area (Å²) < 4.78 is 0. The van der Waals surface area contributed by atoms with E-state index in [2.05, 4.69) is 12.1 Å². The van der Waals surface area contributed by atoms with Crippen molar-refractivity contribution in [3.05, 3.63) is 60.2 Å². The molecule has 4 nitrogen and oxygen atoms in total. The Labute approximate surface area is 119 Å². The summed E-state index contributed by atoms with van der Waals surface area (Å²) in [5.74, 6) is 5.21. The number of nitrogens with zero attached hydrogens (tertiary/aromatic N) is 1. The van der Waals surface area contributed by atoms with Gasteiger partial charge in [-0.05, 0) is 16.7 Å². The summed E-state index contributed by atoms with van der Waals surface area (Å²) in [6, 6.07) is 17.7. The molecule has 1 amide bonds. The minimum Gasteiger partial charge on any atom is -0.324 e. The van der Waals surface area contributed by atoms with Crippen LogP contribution in [0.25, 0.3) is 11.1 Å². The Morgan fingerprint density at radius 3 is 2.15 bits per heavy atom. The van der Waals surface area contributed by atoms with E-state index in [9.17, 15) is 4.79 Å². The molecule has 20 heavy (non-hydrogen) atoms. The summed E-state index contributed by atoms with van der Waals surface area (Å²) >= 11 is 0. The number of rotatable bonds is 4. The van der Waals surface area contributed by atoms with Crippen LogP contribution in [0.15, 0.2) is 54.6 Å². The maximum Gasteiger partial charge on any atom is 0.238 e. The van der Waals surface area contributed by atoms with Crippen LogP contribution in [0.5, 0.6) is 0 Å². The smallest absolute Gasteiger partial charge is 0.238 e. The fourth-order valence-electron chi connectivity index (χ4n) is 2.00. The molecule has 1 atom stereocenters. The van der Waals surface area contributed by atoms with Gasteiger partial charge in [-0.1, -0.05) is 54.6 Å². The summed E-state index contributed by atoms with van der Waals surface area (Å²) in [5, 5.41) is 1.07. The van der Waals surface area contributed by atoms with Gasteiger partial charge in [0.2, 0.25) is 5.91 Å². The zero-order valence-electron chi connectivity index (χ0n) is 11.5. The van der Waals surface area contributed by atoms with E-state index >= 15 is 0 Å². The Kier molecular flexibility index (Phi) is 4.50. The average molecular weight is 269 g/mol. The lowest BCUT2D eigenvalue weighted by molar-refractivity contribution is -0.130. The maximum absolute atomic E-state index is 11.5. The van der Waals surface area contributed by atoms with Crippen LogP contribution in [0.4, 0.5) is 0 Å². The summed E-state index contributed by atoms with van der Waals surface area (Å²) in [6.45, 7) is 0. The molecule has 0 aromatic heterocycles. The minimum absolute atomic E-state index is 0.176. The number of benzene rings is 2. The molecule has 104 valence electrons. The molecule has 0 bridgehead atoms. The molecule has 0 heterocycles. The summed E-state index contributed by atoms with van der Waals surface area (Å²) in [5.41, 5.74) is 9.24. The molecule has 4 N–H and O–H groups in total. The molecule has 4 heteroatoms. The van der Waals surface area contributed by atoms with E-state index in [-0.39, 0.29) is 18.4 Å². The molecule has 0 saturated carbocycles. The highest BCUT2D eigenvalue weighted by molar-refractivity contribution is 5.76. The van der Waals surface area contributed by atoms with Crippen molar-refractivity contribution in [3.8, 4) is 11.1 Å². The van der Waals surface area contributed by atoms with Crippen molar-refractivity contribution in [2.24, 2.45) is 11.6 Å². The lowest BCUT2D eigenvalue weighted by Gasteiger charge is -2.15. The second-order valence-electron chi connectivity index (χ2n) is 4.80. The van der Waals surface area contributed by atoms with Gasteiger partial charge in [0.05, 0.1) is 0 Å². The van der Waals surface area contributed by atoms with Crippen molar-refractivity contribution in [2.75, 3.05) is 7.05 Å². The van der Waals surface area contributed by atoms with Gasteiger partial charge in [0, 0.05) is 19.5 Å². The Balaban J connectivity index is 2.10. The van der Waals surface area contributed by atoms with Crippen LogP contribution in [-0.2, 0) is 4.79 Å². The molecule has 2 aromatic rings. The van der Waals surface area contributed by atoms with Gasteiger partial charge in [0.1, 0.15) is 0 Å². The maximum atomic E-state index is 11.5. The Morgan fingerprint density at radius 1 is 1.05 bits per heavy atom. The van der Waals surface area contributed by atoms with Gasteiger partial charge in [0.15, 0.2) is 0 Å². The number of carbonyl (C=O) groups excluding carboxylic acids is 1. The van der Waals surface area contributed by atoms with Gasteiger partial charge in [-0.25, -0.2) is 5.84 Å². The van der Waals surface area contributed by atoms with Crippen LogP contribution < -0.4 is 11.6 Å². The minimum atomic E-state index is -0.335. The molecule has 0 spiro atoms. The molecular weight excluding hydrogens is 250 g/mol. The van der Waals surface area contributed by atoms with E-state index in [1.54, 1.807) is 0 Å². The monoisotopic (exact) mass is 269 g/mol. The van der Waals surface area contributed by atoms with Gasteiger partial charge >= 0.3 is 0 Å². The molecule has 0 saturated heterocycles. The first-order valence-electron chi connectivity index (χ1n) is 6.50. The van der Waals surface area contributed by atoms with Crippen LogP contribution in [0.3, 0.4) is 0 Å². The third kappa shape index (κ3) is 3.44. The molecule has 2 aromatic carbocycles. The first-order valence-corrected chi connectivity index (χ1v) is 6.50. The number of nitrogens with two attached hydrogens (primary N) is 2. The first-order chi connectivity index (χ1) is 9.58. The molecule has 0 aliphatic carbocycles. The van der Waals surface area contributed by atoms with Crippen molar-refractivity contribution in [1.29, 1.82) is 0 Å². The quantitative estimate of drug-likeness (QED) is 0.507. The topological polar surface area (TPSA) is 72.3 Å². The van der Waals surface area contributed by atoms with Crippen molar-refractivity contribution >= 4 is 5.91 Å². The van der Waals surface area contributed by atoms with Crippen LogP contribution in [0.1, 0.15) is 18.0 Å². The summed E-state index contributed by atoms with van der Waals surface area (Å²) in [6.07, 6.45) is 0.206. The predicted molar refractivity (Wildman–Crippen MR) is 80.4 cm³/mol. The summed E-state index contributed by atoms with van der Waals surface area (Å²) in [4.78, 5) is 11.5. The van der Waals surface area contributed by atoms with Crippen LogP contribution in [0.2, 0.25) is 0 Å². The van der Waals surface area contributed by atoms with Gasteiger partial charge in [-0.2, -0.15) is 0 Å². The molecule has 0 radical (unpaired) electrons. The van der Waals surface area contributed by atoms with E-state index in [1.165, 1.54) is 7.05 Å². The Morgan fingerprint density at radius 2 is 1.60 bits per heavy atom. The third-order valence-electron chi connectivity index (χ3n) is 3.23. The predicted octanol–water partition coefficient (Wildman–Crippen LogP) is 2.08. The average Bonchev–Trinajstić information content (AvgIpc) is 2.48. The molecule has 0 aliphatic heterocycles. The van der Waals surface area contributed by atoms with E-state index in [4.69, 9.17) is 11.6 Å². The zero-order chi connectivity index (χ0) is 14.5. The van der Waals surface area contributed by atoms with Gasteiger partial charge < -0.3 is 5.73 Å². The van der Waals surface area contributed by atoms with E-state index < -0.39 is 0 Å². The van der Waals surface area contributed by atoms with Crippen LogP contribution in [0, 0.1) is 0 Å². The molecule has 0 fully saturated rings. The first kappa shape index (κ1) is 14.2. The summed E-state index contributed by atoms with van der Waals surface area (Å²) in [7, 11) is 1.52. The zero-order valence-corrected chi connectivity index (χ0v) is 11.5. The molecule has 2 rings (SSSR count). The molecule has 1 unspecified atom stereocenters. The number of carbonyl (C=O) groups is 1. The number of hydrogen-bond donors (Lipinski definition) is 2. The van der Waals surface area contributed by atoms with Crippen LogP contribution in [-0.4, -0.2) is 18.0 Å². The van der Waals surface area contributed by atoms with E-state index in [1.807, 2.05) is 42.5 Å². The van der Waals surface area contributed by atoms with Crippen LogP contribution >= 0.6 is 0 Å². The van der Waals surface area contributed by atoms with Gasteiger partial charge in [0.25, 0.3) is 0 Å². The second-order valence-corrected chi connectivity index (χ2v) is 4.80. The molecule has 0 aliphatic rings. The fraction of sp³-hybridized carbons (Fsp3) is 0.188. The van der Waals surface area contributed by atoms with Gasteiger partial charge in [-0.15, -0.1) is 0 Å². The highest BCUT2D eigenvalue weighted by atomic mass is 16.2. The molecular formula is C16H19N3O. The Bertz CT molecular complexity index is 564. The highest BCUT2D eigenvalue weighted by Crippen LogP contribution is 2.22. The van der Waals surface area contributed by atoms with E-state index in [0.29, 0.717) is 0 Å². The van der Waals surface area contributed by atoms with Crippen molar-refractivity contribution in [1.82, 2.24) is 5.01 Å². The highest BCUT2D eigenvalue weighted by Gasteiger charge is 2.13. The second kappa shape index (κ2) is 6.32. The number of hydrogen-bond acceptors (Lipinski definition) is 3. The third-order valence-corrected chi connectivity index (χ3v) is 3.23. The van der Waals surface area contributed by atoms with Crippen molar-refractivity contribution < 1.29 is 4.79 Å². The SMILES string of the molecule is CN(N)C(=O)CC(N)c1ccc(-c2ccccc2)cc1. The number of hydrazine groups is 1. The largest absolute Gasteiger partial charge is 0.324 e. The number of amides is 1. The normalized spacial score (nSPS) is 11.9. The Hall–Kier alpha value is -2.17. The standard InChI is InChI=1S/C16H19N3O/c1-19(18)16(20)11-15(17)14-9-7-13(8-10-14)12-5-3-2-4-6-12/h2-10,15H,11,17-18H2,1H3. The lowest BCUT2D eigenvalue weighted by Crippen LogP contribution is -2.35. The van der Waals surface area contributed by atoms with Crippen molar-refractivity contribution in [2.45, 2.75) is 12.5 Å².